The van der Waals surface area contributed by atoms with Gasteiger partial charge in [0.2, 0.25) is 11.8 Å². The second-order valence-electron chi connectivity index (χ2n) is 7.12. The SMILES string of the molecule is O=C(O)CN1CCN2c3ccc(NC4CCC(=O)NC4=O)cc3OC[C@@H]2C1. The Hall–Kier alpha value is -2.81. The number of imide groups is 1. The molecule has 9 heteroatoms. The highest BCUT2D eigenvalue weighted by Crippen LogP contribution is 2.37. The van der Waals surface area contributed by atoms with Crippen molar-refractivity contribution >= 4 is 29.2 Å². The van der Waals surface area contributed by atoms with Crippen LogP contribution in [0.25, 0.3) is 0 Å². The minimum Gasteiger partial charge on any atom is -0.489 e. The predicted octanol–water partition coefficient (Wildman–Crippen LogP) is -0.129. The largest absolute Gasteiger partial charge is 0.489 e. The average molecular weight is 374 g/mol. The van der Waals surface area contributed by atoms with Crippen molar-refractivity contribution in [3.05, 3.63) is 18.2 Å². The molecule has 27 heavy (non-hydrogen) atoms. The summed E-state index contributed by atoms with van der Waals surface area (Å²) in [5.41, 5.74) is 1.75. The molecule has 0 radical (unpaired) electrons. The number of nitrogens with zero attached hydrogens (tertiary/aromatic N) is 2. The molecule has 3 aliphatic heterocycles. The van der Waals surface area contributed by atoms with E-state index in [-0.39, 0.29) is 24.4 Å². The molecular weight excluding hydrogens is 352 g/mol. The van der Waals surface area contributed by atoms with Gasteiger partial charge in [-0.15, -0.1) is 0 Å². The molecule has 2 amide bonds. The molecule has 9 nitrogen and oxygen atoms in total. The minimum absolute atomic E-state index is 0.0476. The highest BCUT2D eigenvalue weighted by molar-refractivity contribution is 6.01. The van der Waals surface area contributed by atoms with Crippen molar-refractivity contribution < 1.29 is 24.2 Å². The van der Waals surface area contributed by atoms with Crippen LogP contribution in [0.5, 0.6) is 5.75 Å². The molecule has 0 bridgehead atoms. The molecule has 2 saturated heterocycles. The van der Waals surface area contributed by atoms with Crippen molar-refractivity contribution in [2.75, 3.05) is 43.0 Å². The summed E-state index contributed by atoms with van der Waals surface area (Å²) in [6, 6.07) is 5.43. The molecule has 2 atom stereocenters. The summed E-state index contributed by atoms with van der Waals surface area (Å²) in [5, 5.41) is 14.5. The number of piperazine rings is 1. The van der Waals surface area contributed by atoms with Crippen LogP contribution in [-0.4, -0.2) is 72.7 Å². The smallest absolute Gasteiger partial charge is 0.317 e. The van der Waals surface area contributed by atoms with E-state index in [0.29, 0.717) is 32.5 Å². The standard InChI is InChI=1S/C18H22N4O5/c23-16-4-2-13(18(26)20-16)19-11-1-3-14-15(7-11)27-10-12-8-21(9-17(24)25)5-6-22(12)14/h1,3,7,12-13,19H,2,4-6,8-10H2,(H,24,25)(H,20,23,26)/t12-,13?/m0/s1. The normalized spacial score (nSPS) is 25.1. The van der Waals surface area contributed by atoms with Crippen LogP contribution in [-0.2, 0) is 14.4 Å². The second-order valence-corrected chi connectivity index (χ2v) is 7.12. The molecule has 0 aromatic heterocycles. The van der Waals surface area contributed by atoms with E-state index in [4.69, 9.17) is 9.84 Å². The zero-order valence-corrected chi connectivity index (χ0v) is 14.8. The lowest BCUT2D eigenvalue weighted by molar-refractivity contribution is -0.138. The molecular formula is C18H22N4O5. The van der Waals surface area contributed by atoms with Crippen LogP contribution in [0.1, 0.15) is 12.8 Å². The van der Waals surface area contributed by atoms with Crippen molar-refractivity contribution in [1.82, 2.24) is 10.2 Å². The van der Waals surface area contributed by atoms with E-state index in [1.165, 1.54) is 0 Å². The number of fused-ring (bicyclic) bond motifs is 3. The van der Waals surface area contributed by atoms with Crippen molar-refractivity contribution in [3.8, 4) is 5.75 Å². The molecule has 0 saturated carbocycles. The lowest BCUT2D eigenvalue weighted by atomic mass is 10.0. The van der Waals surface area contributed by atoms with Gasteiger partial charge in [-0.25, -0.2) is 0 Å². The minimum atomic E-state index is -0.815. The molecule has 3 heterocycles. The van der Waals surface area contributed by atoms with Gasteiger partial charge in [0, 0.05) is 37.8 Å². The van der Waals surface area contributed by atoms with Gasteiger partial charge in [0.25, 0.3) is 0 Å². The number of anilines is 2. The first-order chi connectivity index (χ1) is 13.0. The molecule has 3 aliphatic rings. The number of aliphatic carboxylic acids is 1. The van der Waals surface area contributed by atoms with Gasteiger partial charge >= 0.3 is 5.97 Å². The highest BCUT2D eigenvalue weighted by Gasteiger charge is 2.34. The van der Waals surface area contributed by atoms with E-state index < -0.39 is 12.0 Å². The Kier molecular flexibility index (Phi) is 4.61. The average Bonchev–Trinajstić information content (AvgIpc) is 2.63. The predicted molar refractivity (Wildman–Crippen MR) is 96.9 cm³/mol. The Morgan fingerprint density at radius 2 is 2.19 bits per heavy atom. The first kappa shape index (κ1) is 17.6. The fourth-order valence-corrected chi connectivity index (χ4v) is 3.89. The van der Waals surface area contributed by atoms with Gasteiger partial charge in [-0.3, -0.25) is 24.6 Å². The number of carboxylic acid groups (broad SMARTS) is 1. The fourth-order valence-electron chi connectivity index (χ4n) is 3.89. The van der Waals surface area contributed by atoms with Crippen molar-refractivity contribution in [3.63, 3.8) is 0 Å². The number of hydrogen-bond acceptors (Lipinski definition) is 7. The summed E-state index contributed by atoms with van der Waals surface area (Å²) in [6.07, 6.45) is 0.795. The summed E-state index contributed by atoms with van der Waals surface area (Å²) >= 11 is 0. The van der Waals surface area contributed by atoms with E-state index in [1.807, 2.05) is 23.1 Å². The third-order valence-electron chi connectivity index (χ3n) is 5.21. The van der Waals surface area contributed by atoms with Gasteiger partial charge in [0.05, 0.1) is 18.3 Å². The Morgan fingerprint density at radius 1 is 1.33 bits per heavy atom. The van der Waals surface area contributed by atoms with Crippen LogP contribution in [0, 0.1) is 0 Å². The Balaban J connectivity index is 1.44. The number of hydrogen-bond donors (Lipinski definition) is 3. The van der Waals surface area contributed by atoms with Crippen LogP contribution < -0.4 is 20.3 Å². The van der Waals surface area contributed by atoms with E-state index in [1.54, 1.807) is 0 Å². The Labute approximate surface area is 156 Å². The summed E-state index contributed by atoms with van der Waals surface area (Å²) in [5.74, 6) is -0.612. The first-order valence-corrected chi connectivity index (χ1v) is 9.07. The summed E-state index contributed by atoms with van der Waals surface area (Å²) in [4.78, 5) is 38.3. The number of benzene rings is 1. The first-order valence-electron chi connectivity index (χ1n) is 9.07. The van der Waals surface area contributed by atoms with E-state index >= 15 is 0 Å². The third kappa shape index (κ3) is 3.68. The molecule has 0 aliphatic carbocycles. The van der Waals surface area contributed by atoms with Gasteiger partial charge in [-0.1, -0.05) is 0 Å². The number of rotatable bonds is 4. The summed E-state index contributed by atoms with van der Waals surface area (Å²) < 4.78 is 5.91. The van der Waals surface area contributed by atoms with Crippen molar-refractivity contribution in [2.45, 2.75) is 24.9 Å². The number of nitrogens with one attached hydrogen (secondary N) is 2. The maximum absolute atomic E-state index is 11.9. The zero-order chi connectivity index (χ0) is 19.0. The van der Waals surface area contributed by atoms with Crippen LogP contribution in [0.15, 0.2) is 18.2 Å². The van der Waals surface area contributed by atoms with E-state index in [2.05, 4.69) is 15.5 Å². The third-order valence-corrected chi connectivity index (χ3v) is 5.21. The Morgan fingerprint density at radius 3 is 2.96 bits per heavy atom. The number of carbonyl (C=O) groups is 3. The number of carboxylic acids is 1. The monoisotopic (exact) mass is 374 g/mol. The number of carbonyl (C=O) groups excluding carboxylic acids is 2. The molecule has 2 fully saturated rings. The fraction of sp³-hybridized carbons (Fsp3) is 0.500. The zero-order valence-electron chi connectivity index (χ0n) is 14.8. The van der Waals surface area contributed by atoms with Crippen molar-refractivity contribution in [2.24, 2.45) is 0 Å². The van der Waals surface area contributed by atoms with Crippen LogP contribution in [0.4, 0.5) is 11.4 Å². The van der Waals surface area contributed by atoms with Gasteiger partial charge in [-0.2, -0.15) is 0 Å². The molecule has 144 valence electrons. The van der Waals surface area contributed by atoms with E-state index in [9.17, 15) is 14.4 Å². The Bertz CT molecular complexity index is 783. The van der Waals surface area contributed by atoms with Crippen LogP contribution in [0.2, 0.25) is 0 Å². The molecule has 1 unspecified atom stereocenters. The molecule has 0 spiro atoms. The quantitative estimate of drug-likeness (QED) is 0.625. The summed E-state index contributed by atoms with van der Waals surface area (Å²) in [6.45, 7) is 2.63. The molecule has 1 aromatic carbocycles. The van der Waals surface area contributed by atoms with Gasteiger partial charge < -0.3 is 20.1 Å². The van der Waals surface area contributed by atoms with Crippen molar-refractivity contribution in [1.29, 1.82) is 0 Å². The number of piperidine rings is 1. The highest BCUT2D eigenvalue weighted by atomic mass is 16.5. The van der Waals surface area contributed by atoms with Crippen LogP contribution in [0.3, 0.4) is 0 Å². The summed E-state index contributed by atoms with van der Waals surface area (Å²) in [7, 11) is 0. The topological polar surface area (TPSA) is 111 Å². The van der Waals surface area contributed by atoms with Gasteiger partial charge in [0.1, 0.15) is 18.4 Å². The molecule has 4 rings (SSSR count). The maximum Gasteiger partial charge on any atom is 0.317 e. The molecule has 1 aromatic rings. The number of amides is 2. The van der Waals surface area contributed by atoms with Gasteiger partial charge in [0.15, 0.2) is 0 Å². The van der Waals surface area contributed by atoms with Gasteiger partial charge in [-0.05, 0) is 18.6 Å². The lowest BCUT2D eigenvalue weighted by Gasteiger charge is -2.45. The number of ether oxygens (including phenoxy) is 1. The van der Waals surface area contributed by atoms with Crippen LogP contribution >= 0.6 is 0 Å². The lowest BCUT2D eigenvalue weighted by Crippen LogP contribution is -2.57. The van der Waals surface area contributed by atoms with E-state index in [0.717, 1.165) is 23.7 Å². The second kappa shape index (κ2) is 7.07. The maximum atomic E-state index is 11.9. The molecule has 3 N–H and O–H groups in total.